The van der Waals surface area contributed by atoms with E-state index in [1.165, 1.54) is 0 Å². The van der Waals surface area contributed by atoms with Crippen LogP contribution in [0.25, 0.3) is 0 Å². The summed E-state index contributed by atoms with van der Waals surface area (Å²) in [7, 11) is 0. The van der Waals surface area contributed by atoms with Gasteiger partial charge in [-0.15, -0.1) is 0 Å². The third kappa shape index (κ3) is 2.15. The predicted octanol–water partition coefficient (Wildman–Crippen LogP) is 0.898. The molecule has 1 saturated heterocycles. The van der Waals surface area contributed by atoms with E-state index in [0.717, 1.165) is 32.2 Å². The maximum absolute atomic E-state index is 11.4. The lowest BCUT2D eigenvalue weighted by Crippen LogP contribution is -2.40. The van der Waals surface area contributed by atoms with Crippen molar-refractivity contribution in [1.29, 1.82) is 0 Å². The molecule has 0 bridgehead atoms. The van der Waals surface area contributed by atoms with Gasteiger partial charge in [-0.05, 0) is 23.8 Å². The molecule has 1 rings (SSSR count). The normalized spacial score (nSPS) is 25.2. The first kappa shape index (κ1) is 8.46. The Morgan fingerprint density at radius 3 is 3.09 bits per heavy atom. The number of rotatable bonds is 3. The van der Waals surface area contributed by atoms with Crippen LogP contribution >= 0.6 is 0 Å². The number of halogens is 1. The van der Waals surface area contributed by atoms with Crippen molar-refractivity contribution in [3.05, 3.63) is 0 Å². The quantitative estimate of drug-likeness (QED) is 0.575. The predicted molar refractivity (Wildman–Crippen MR) is 37.5 cm³/mol. The van der Waals surface area contributed by atoms with E-state index in [0.29, 0.717) is 0 Å². The van der Waals surface area contributed by atoms with E-state index in [-0.39, 0.29) is 12.6 Å². The van der Waals surface area contributed by atoms with Crippen LogP contribution < -0.4 is 0 Å². The summed E-state index contributed by atoms with van der Waals surface area (Å²) in [6.07, 6.45) is 3.69. The average molecular weight is 161 g/mol. The van der Waals surface area contributed by atoms with Gasteiger partial charge >= 0.3 is 0 Å². The van der Waals surface area contributed by atoms with Gasteiger partial charge in [0.05, 0.1) is 6.04 Å². The summed E-state index contributed by atoms with van der Waals surface area (Å²) in [6.45, 7) is 0.746. The highest BCUT2D eigenvalue weighted by atomic mass is 19.3. The van der Waals surface area contributed by atoms with Crippen LogP contribution in [0.2, 0.25) is 0 Å². The van der Waals surface area contributed by atoms with Gasteiger partial charge in [0.15, 0.2) is 0 Å². The van der Waals surface area contributed by atoms with Crippen molar-refractivity contribution in [2.75, 3.05) is 13.2 Å². The molecule has 0 aromatic carbocycles. The standard InChI is InChI=1S/C7H12FNO2/c8-11-5-7-3-1-2-4-9(7)6-10/h6-7H,1-5H2. The van der Waals surface area contributed by atoms with Crippen LogP contribution in [0.5, 0.6) is 0 Å². The van der Waals surface area contributed by atoms with Crippen molar-refractivity contribution >= 4 is 6.41 Å². The SMILES string of the molecule is O=CN1CCCCC1COF. The Kier molecular flexibility index (Phi) is 3.29. The lowest BCUT2D eigenvalue weighted by Gasteiger charge is -2.31. The molecule has 1 aliphatic heterocycles. The van der Waals surface area contributed by atoms with Gasteiger partial charge < -0.3 is 4.90 Å². The number of hydrogen-bond acceptors (Lipinski definition) is 2. The van der Waals surface area contributed by atoms with E-state index in [1.807, 2.05) is 0 Å². The van der Waals surface area contributed by atoms with Gasteiger partial charge in [-0.25, -0.2) is 0 Å². The molecule has 0 aliphatic carbocycles. The van der Waals surface area contributed by atoms with Gasteiger partial charge in [0.1, 0.15) is 6.61 Å². The Bertz CT molecular complexity index is 130. The number of carbonyl (C=O) groups is 1. The zero-order valence-electron chi connectivity index (χ0n) is 6.33. The molecule has 0 N–H and O–H groups in total. The molecular weight excluding hydrogens is 149 g/mol. The van der Waals surface area contributed by atoms with Gasteiger partial charge in [-0.3, -0.25) is 4.79 Å². The van der Waals surface area contributed by atoms with E-state index >= 15 is 0 Å². The summed E-state index contributed by atoms with van der Waals surface area (Å²) >= 11 is 0. The fourth-order valence-corrected chi connectivity index (χ4v) is 1.41. The second-order valence-electron chi connectivity index (χ2n) is 2.77. The smallest absolute Gasteiger partial charge is 0.210 e. The second kappa shape index (κ2) is 4.28. The molecule has 3 nitrogen and oxygen atoms in total. The minimum atomic E-state index is -0.0498. The van der Waals surface area contributed by atoms with Gasteiger partial charge in [-0.1, -0.05) is 0 Å². The summed E-state index contributed by atoms with van der Waals surface area (Å²) in [5, 5.41) is 0. The third-order valence-electron chi connectivity index (χ3n) is 2.06. The fourth-order valence-electron chi connectivity index (χ4n) is 1.41. The van der Waals surface area contributed by atoms with Crippen molar-refractivity contribution in [3.63, 3.8) is 0 Å². The van der Waals surface area contributed by atoms with Gasteiger partial charge in [0.2, 0.25) is 6.41 Å². The molecule has 0 spiro atoms. The average Bonchev–Trinajstić information content (AvgIpc) is 2.06. The maximum Gasteiger partial charge on any atom is 0.210 e. The Hall–Kier alpha value is -0.640. The summed E-state index contributed by atoms with van der Waals surface area (Å²) < 4.78 is 11.4. The minimum absolute atomic E-state index is 0.0126. The summed E-state index contributed by atoms with van der Waals surface area (Å²) in [6, 6.07) is -0.0498. The van der Waals surface area contributed by atoms with Crippen LogP contribution in [0.4, 0.5) is 4.53 Å². The summed E-state index contributed by atoms with van der Waals surface area (Å²) in [4.78, 5) is 15.5. The van der Waals surface area contributed by atoms with Gasteiger partial charge in [-0.2, -0.15) is 4.94 Å². The maximum atomic E-state index is 11.4. The van der Waals surface area contributed by atoms with Crippen LogP contribution in [-0.4, -0.2) is 30.5 Å². The highest BCUT2D eigenvalue weighted by Crippen LogP contribution is 2.15. The number of nitrogens with zero attached hydrogens (tertiary/aromatic N) is 1. The molecule has 1 unspecified atom stereocenters. The van der Waals surface area contributed by atoms with E-state index in [9.17, 15) is 9.32 Å². The van der Waals surface area contributed by atoms with Crippen molar-refractivity contribution in [3.8, 4) is 0 Å². The highest BCUT2D eigenvalue weighted by molar-refractivity contribution is 5.47. The van der Waals surface area contributed by atoms with E-state index in [1.54, 1.807) is 4.90 Å². The monoisotopic (exact) mass is 161 g/mol. The molecule has 1 amide bonds. The first-order chi connectivity index (χ1) is 5.38. The molecule has 1 aliphatic rings. The first-order valence-electron chi connectivity index (χ1n) is 3.83. The van der Waals surface area contributed by atoms with Crippen molar-refractivity contribution in [1.82, 2.24) is 4.90 Å². The topological polar surface area (TPSA) is 29.5 Å². The number of amides is 1. The minimum Gasteiger partial charge on any atom is -0.340 e. The highest BCUT2D eigenvalue weighted by Gasteiger charge is 2.20. The molecule has 1 fully saturated rings. The molecule has 4 heteroatoms. The number of likely N-dealkylation sites (tertiary alicyclic amines) is 1. The summed E-state index contributed by atoms with van der Waals surface area (Å²) in [5.74, 6) is 0. The number of piperidine rings is 1. The van der Waals surface area contributed by atoms with Crippen LogP contribution in [0.3, 0.4) is 0 Å². The number of carbonyl (C=O) groups excluding carboxylic acids is 1. The van der Waals surface area contributed by atoms with Crippen molar-refractivity contribution < 1.29 is 14.3 Å². The zero-order chi connectivity index (χ0) is 8.10. The lowest BCUT2D eigenvalue weighted by atomic mass is 10.0. The summed E-state index contributed by atoms with van der Waals surface area (Å²) in [5.41, 5.74) is 0. The number of hydrogen-bond donors (Lipinski definition) is 0. The van der Waals surface area contributed by atoms with E-state index in [2.05, 4.69) is 4.94 Å². The van der Waals surface area contributed by atoms with Gasteiger partial charge in [0.25, 0.3) is 0 Å². The molecular formula is C7H12FNO2. The second-order valence-corrected chi connectivity index (χ2v) is 2.77. The fraction of sp³-hybridized carbons (Fsp3) is 0.857. The van der Waals surface area contributed by atoms with Gasteiger partial charge in [0, 0.05) is 6.54 Å². The third-order valence-corrected chi connectivity index (χ3v) is 2.06. The van der Waals surface area contributed by atoms with Crippen LogP contribution in [0.1, 0.15) is 19.3 Å². The van der Waals surface area contributed by atoms with E-state index < -0.39 is 0 Å². The first-order valence-corrected chi connectivity index (χ1v) is 3.83. The van der Waals surface area contributed by atoms with Crippen molar-refractivity contribution in [2.24, 2.45) is 0 Å². The molecule has 11 heavy (non-hydrogen) atoms. The molecule has 0 saturated carbocycles. The Morgan fingerprint density at radius 2 is 2.45 bits per heavy atom. The molecule has 1 heterocycles. The van der Waals surface area contributed by atoms with Crippen molar-refractivity contribution in [2.45, 2.75) is 25.3 Å². The molecule has 64 valence electrons. The largest absolute Gasteiger partial charge is 0.340 e. The van der Waals surface area contributed by atoms with E-state index in [4.69, 9.17) is 0 Å². The molecule has 0 aromatic heterocycles. The van der Waals surface area contributed by atoms with Crippen LogP contribution in [-0.2, 0) is 9.74 Å². The van der Waals surface area contributed by atoms with Crippen LogP contribution in [0, 0.1) is 0 Å². The molecule has 1 atom stereocenters. The molecule has 0 radical (unpaired) electrons. The Balaban J connectivity index is 2.37. The van der Waals surface area contributed by atoms with Crippen LogP contribution in [0.15, 0.2) is 0 Å². The Morgan fingerprint density at radius 1 is 1.64 bits per heavy atom. The lowest BCUT2D eigenvalue weighted by molar-refractivity contribution is -0.156. The zero-order valence-corrected chi connectivity index (χ0v) is 6.33. The Labute approximate surface area is 65.0 Å². The molecule has 0 aromatic rings.